The third-order valence-electron chi connectivity index (χ3n) is 25.7. The van der Waals surface area contributed by atoms with Crippen molar-refractivity contribution >= 4 is 123 Å². The normalized spacial score (nSPS) is 13.6. The smallest absolute Gasteiger partial charge is 0.252 e. The lowest BCUT2D eigenvalue weighted by Gasteiger charge is -2.45. The number of aromatic nitrogens is 2. The van der Waals surface area contributed by atoms with Crippen LogP contribution in [0, 0.1) is 0 Å². The summed E-state index contributed by atoms with van der Waals surface area (Å²) in [6, 6.07) is 108. The highest BCUT2D eigenvalue weighted by Crippen LogP contribution is 2.53. The van der Waals surface area contributed by atoms with Gasteiger partial charge in [-0.2, -0.15) is 0 Å². The van der Waals surface area contributed by atoms with Gasteiger partial charge in [0.1, 0.15) is 0 Å². The highest BCUT2D eigenvalue weighted by Gasteiger charge is 2.45. The van der Waals surface area contributed by atoms with Crippen LogP contribution < -0.4 is 26.2 Å². The van der Waals surface area contributed by atoms with E-state index in [9.17, 15) is 0 Å². The van der Waals surface area contributed by atoms with Gasteiger partial charge in [-0.3, -0.25) is 0 Å². The van der Waals surface area contributed by atoms with Crippen molar-refractivity contribution in [3.8, 4) is 55.9 Å². The monoisotopic (exact) mass is 1540 g/mol. The summed E-state index contributed by atoms with van der Waals surface area (Å²) in [7, 11) is 0. The lowest BCUT2D eigenvalue weighted by atomic mass is 9.33. The highest BCUT2D eigenvalue weighted by atomic mass is 16.3. The first-order valence-electron chi connectivity index (χ1n) is 42.6. The Bertz CT molecular complexity index is 6730. The number of furan rings is 1. The first-order valence-corrected chi connectivity index (χ1v) is 42.6. The van der Waals surface area contributed by atoms with Crippen molar-refractivity contribution in [1.82, 2.24) is 9.13 Å². The number of para-hydroxylation sites is 2. The molecule has 5 heterocycles. The number of nitrogens with zero attached hydrogens (tertiary/aromatic N) is 4. The molecule has 0 radical (unpaired) electrons. The van der Waals surface area contributed by atoms with Crippen LogP contribution in [0.3, 0.4) is 0 Å². The zero-order chi connectivity index (χ0) is 82.6. The molecule has 17 aromatic rings. The molecule has 0 spiro atoms. The van der Waals surface area contributed by atoms with Gasteiger partial charge in [0.15, 0.2) is 11.2 Å². The number of hydrogen-bond donors (Lipinski definition) is 0. The zero-order valence-electron chi connectivity index (χ0n) is 72.8. The predicted octanol–water partition coefficient (Wildman–Crippen LogP) is 29.6. The van der Waals surface area contributed by atoms with Crippen molar-refractivity contribution in [1.29, 1.82) is 0 Å². The molecule has 2 aliphatic rings. The molecule has 6 heteroatoms. The van der Waals surface area contributed by atoms with Crippen LogP contribution in [0.5, 0.6) is 0 Å². The molecule has 2 aliphatic heterocycles. The summed E-state index contributed by atoms with van der Waals surface area (Å²) in [5.41, 5.74) is 36.3. The maximum absolute atomic E-state index is 8.03. The van der Waals surface area contributed by atoms with Gasteiger partial charge in [0.25, 0.3) is 6.71 Å². The van der Waals surface area contributed by atoms with E-state index in [1.54, 1.807) is 0 Å². The van der Waals surface area contributed by atoms with Crippen LogP contribution in [0.4, 0.5) is 34.1 Å². The van der Waals surface area contributed by atoms with Crippen molar-refractivity contribution in [3.05, 3.63) is 318 Å². The molecule has 0 fully saturated rings. The Morgan fingerprint density at radius 3 is 1.05 bits per heavy atom. The Kier molecular flexibility index (Phi) is 17.3. The molecule has 5 nitrogen and oxygen atoms in total. The van der Waals surface area contributed by atoms with Crippen LogP contribution in [0.25, 0.3) is 121 Å². The summed E-state index contributed by atoms with van der Waals surface area (Å²) in [5.74, 6) is 0. The first-order chi connectivity index (χ1) is 55.9. The molecule has 0 atom stereocenters. The van der Waals surface area contributed by atoms with Crippen LogP contribution in [0.1, 0.15) is 184 Å². The van der Waals surface area contributed by atoms with Crippen molar-refractivity contribution in [2.45, 2.75) is 183 Å². The van der Waals surface area contributed by atoms with Gasteiger partial charge in [-0.1, -0.05) is 315 Å². The van der Waals surface area contributed by atoms with Crippen LogP contribution >= 0.6 is 0 Å². The van der Waals surface area contributed by atoms with E-state index in [2.05, 4.69) is 443 Å². The van der Waals surface area contributed by atoms with Crippen LogP contribution in [-0.4, -0.2) is 15.8 Å². The zero-order valence-corrected chi connectivity index (χ0v) is 72.8. The lowest BCUT2D eigenvalue weighted by Crippen LogP contribution is -2.61. The van der Waals surface area contributed by atoms with Crippen LogP contribution in [0.2, 0.25) is 0 Å². The van der Waals surface area contributed by atoms with E-state index in [0.29, 0.717) is 0 Å². The van der Waals surface area contributed by atoms with Crippen molar-refractivity contribution in [2.24, 2.45) is 0 Å². The molecule has 0 N–H and O–H groups in total. The Morgan fingerprint density at radius 1 is 0.212 bits per heavy atom. The van der Waals surface area contributed by atoms with E-state index in [1.807, 2.05) is 0 Å². The number of anilines is 6. The molecule has 14 aromatic carbocycles. The maximum atomic E-state index is 8.03. The van der Waals surface area contributed by atoms with E-state index in [-0.39, 0.29) is 44.6 Å². The summed E-state index contributed by atoms with van der Waals surface area (Å²) in [5, 5.41) is 7.08. The van der Waals surface area contributed by atoms with Gasteiger partial charge in [-0.25, -0.2) is 0 Å². The standard InChI is InChI=1S/C112H109BN4O/c1-106(2,3)76-36-28-35-70(54-76)75-60-101-103-102(61-75)117(98-40-30-38-86-85-37-29-39-97(104(85)118-105(86)98)116-95-51-44-79(109(10,11)12)65-89(95)90-66-80(110(13,14)15)45-52-96(90)116)100-67-83(114-93-49-42-77(107(4,5)6)63-87(93)88-64-78(108(7,8)9)43-50-94(88)114)46-48-92(100)113(103)91-47-41-71(74-55-81(111(16,17)18)62-82(56-74)112(19,20)21)59-99(91)115(101)84-57-72(68-31-24-22-25-32-68)53-73(58-84)69-33-26-23-27-34-69/h22-67H,1-21H3. The molecule has 19 rings (SSSR count). The second kappa shape index (κ2) is 26.8. The molecule has 0 aliphatic carbocycles. The summed E-state index contributed by atoms with van der Waals surface area (Å²) < 4.78 is 13.1. The SMILES string of the molecule is CC(C)(C)c1cccc(-c2cc3c4c(c2)N(c2cccc5c2oc2c(-n6c7ccc(C(C)(C)C)cc7c7cc(C(C)(C)C)ccc76)cccc25)c2cc(-n5c6ccc(C(C)(C)C)cc6c6cc(C(C)(C)C)ccc65)ccc2B4c2ccc(-c4cc(C(C)(C)C)cc(C(C)(C)C)c4)cc2N3c2cc(-c3ccccc3)cc(-c3ccccc3)c2)c1. The number of rotatable bonds is 8. The van der Waals surface area contributed by atoms with Crippen LogP contribution in [-0.2, 0) is 37.9 Å². The van der Waals surface area contributed by atoms with Crippen molar-refractivity contribution in [3.63, 3.8) is 0 Å². The van der Waals surface area contributed by atoms with Crippen molar-refractivity contribution < 1.29 is 4.42 Å². The molecule has 0 saturated heterocycles. The number of fused-ring (bicyclic) bond motifs is 13. The lowest BCUT2D eigenvalue weighted by molar-refractivity contribution is 0.569. The maximum Gasteiger partial charge on any atom is 0.252 e. The van der Waals surface area contributed by atoms with E-state index < -0.39 is 0 Å². The predicted molar refractivity (Wildman–Crippen MR) is 509 cm³/mol. The Hall–Kier alpha value is -11.9. The molecule has 118 heavy (non-hydrogen) atoms. The van der Waals surface area contributed by atoms with E-state index in [4.69, 9.17) is 4.42 Å². The fraction of sp³-hybridized carbons (Fsp3) is 0.250. The van der Waals surface area contributed by atoms with E-state index in [1.165, 1.54) is 99.0 Å². The second-order valence-electron chi connectivity index (χ2n) is 41.2. The fourth-order valence-corrected chi connectivity index (χ4v) is 18.8. The van der Waals surface area contributed by atoms with E-state index in [0.717, 1.165) is 112 Å². The van der Waals surface area contributed by atoms with Crippen molar-refractivity contribution in [2.75, 3.05) is 9.80 Å². The first kappa shape index (κ1) is 76.1. The van der Waals surface area contributed by atoms with Gasteiger partial charge < -0.3 is 23.4 Å². The van der Waals surface area contributed by atoms with E-state index >= 15 is 0 Å². The largest absolute Gasteiger partial charge is 0.452 e. The average Bonchev–Trinajstić information content (AvgIpc) is 0.772. The Labute approximate surface area is 698 Å². The molecule has 0 saturated carbocycles. The summed E-state index contributed by atoms with van der Waals surface area (Å²) in [6.45, 7) is 48.8. The average molecular weight is 1540 g/mol. The highest BCUT2D eigenvalue weighted by molar-refractivity contribution is 7.00. The topological polar surface area (TPSA) is 29.5 Å². The summed E-state index contributed by atoms with van der Waals surface area (Å²) >= 11 is 0. The fourth-order valence-electron chi connectivity index (χ4n) is 18.8. The summed E-state index contributed by atoms with van der Waals surface area (Å²) in [4.78, 5) is 5.28. The molecule has 0 unspecified atom stereocenters. The Morgan fingerprint density at radius 2 is 0.576 bits per heavy atom. The van der Waals surface area contributed by atoms with Crippen LogP contribution in [0.15, 0.2) is 283 Å². The molecule has 3 aromatic heterocycles. The molecular weight excluding hydrogens is 1430 g/mol. The van der Waals surface area contributed by atoms with Gasteiger partial charge in [0.2, 0.25) is 0 Å². The minimum Gasteiger partial charge on any atom is -0.452 e. The third-order valence-corrected chi connectivity index (χ3v) is 25.7. The molecule has 0 bridgehead atoms. The number of hydrogen-bond acceptors (Lipinski definition) is 3. The van der Waals surface area contributed by atoms with Gasteiger partial charge in [0, 0.05) is 66.4 Å². The molecule has 586 valence electrons. The third kappa shape index (κ3) is 12.8. The number of benzene rings is 14. The Balaban J connectivity index is 0.952. The molecule has 0 amide bonds. The summed E-state index contributed by atoms with van der Waals surface area (Å²) in [6.07, 6.45) is 0. The quantitative estimate of drug-likeness (QED) is 0.142. The molecular formula is C112H109BN4O. The minimum absolute atomic E-state index is 0.0569. The second-order valence-corrected chi connectivity index (χ2v) is 41.2. The van der Waals surface area contributed by atoms with Gasteiger partial charge >= 0.3 is 0 Å². The van der Waals surface area contributed by atoms with Gasteiger partial charge in [-0.15, -0.1) is 0 Å². The minimum atomic E-state index is -0.256. The van der Waals surface area contributed by atoms with Gasteiger partial charge in [-0.05, 0) is 247 Å². The van der Waals surface area contributed by atoms with Gasteiger partial charge in [0.05, 0.1) is 33.4 Å².